The van der Waals surface area contributed by atoms with E-state index in [-0.39, 0.29) is 12.6 Å². The van der Waals surface area contributed by atoms with Gasteiger partial charge in [0.15, 0.2) is 0 Å². The van der Waals surface area contributed by atoms with Crippen LogP contribution in [-0.2, 0) is 4.79 Å². The van der Waals surface area contributed by atoms with E-state index in [0.29, 0.717) is 11.8 Å². The van der Waals surface area contributed by atoms with Crippen LogP contribution >= 0.6 is 0 Å². The molecule has 0 bridgehead atoms. The van der Waals surface area contributed by atoms with Gasteiger partial charge in [0.2, 0.25) is 0 Å². The Morgan fingerprint density at radius 3 is 2.09 bits per heavy atom. The Balaban J connectivity index is 1.64. The molecule has 3 fully saturated rings. The minimum absolute atomic E-state index is 0.0319. The number of carbonyl (C=O) groups excluding carboxylic acids is 1. The first-order valence-electron chi connectivity index (χ1n) is 8.12. The highest BCUT2D eigenvalue weighted by molar-refractivity contribution is 5.78. The zero-order chi connectivity index (χ0) is 16.8. The topological polar surface area (TPSA) is 69.6 Å². The molecule has 2 N–H and O–H groups in total. The molecule has 5 nitrogen and oxygen atoms in total. The monoisotopic (exact) mass is 334 g/mol. The number of nitrogens with one attached hydrogen (secondary N) is 1. The number of amides is 2. The van der Waals surface area contributed by atoms with E-state index in [1.54, 1.807) is 0 Å². The predicted octanol–water partition coefficient (Wildman–Crippen LogP) is 2.47. The van der Waals surface area contributed by atoms with Crippen molar-refractivity contribution in [1.82, 2.24) is 10.2 Å². The largest absolute Gasteiger partial charge is 0.481 e. The van der Waals surface area contributed by atoms with E-state index in [9.17, 15) is 22.8 Å². The van der Waals surface area contributed by atoms with Gasteiger partial charge in [0, 0.05) is 19.1 Å². The first-order valence-corrected chi connectivity index (χ1v) is 8.12. The number of urea groups is 1. The molecule has 0 aromatic heterocycles. The summed E-state index contributed by atoms with van der Waals surface area (Å²) in [5, 5.41) is 11.9. The first kappa shape index (κ1) is 16.4. The van der Waals surface area contributed by atoms with Gasteiger partial charge < -0.3 is 15.3 Å². The lowest BCUT2D eigenvalue weighted by Crippen LogP contribution is -2.49. The average molecular weight is 334 g/mol. The predicted molar refractivity (Wildman–Crippen MR) is 74.6 cm³/mol. The maximum absolute atomic E-state index is 13.0. The summed E-state index contributed by atoms with van der Waals surface area (Å²) in [6, 6.07) is -0.517. The molecule has 1 aliphatic heterocycles. The van der Waals surface area contributed by atoms with Gasteiger partial charge in [-0.05, 0) is 37.5 Å². The molecular formula is C15H21F3N2O3. The summed E-state index contributed by atoms with van der Waals surface area (Å²) in [7, 11) is 0. The molecule has 130 valence electrons. The third-order valence-electron chi connectivity index (χ3n) is 5.42. The van der Waals surface area contributed by atoms with Crippen molar-refractivity contribution in [3.05, 3.63) is 0 Å². The van der Waals surface area contributed by atoms with E-state index < -0.39 is 36.6 Å². The van der Waals surface area contributed by atoms with Crippen molar-refractivity contribution in [2.24, 2.45) is 23.7 Å². The summed E-state index contributed by atoms with van der Waals surface area (Å²) in [6.07, 6.45) is 0.705. The lowest BCUT2D eigenvalue weighted by Gasteiger charge is -2.35. The molecule has 3 atom stereocenters. The second-order valence-electron chi connectivity index (χ2n) is 7.00. The molecule has 1 saturated heterocycles. The highest BCUT2D eigenvalue weighted by Gasteiger charge is 2.54. The van der Waals surface area contributed by atoms with Crippen LogP contribution in [0.2, 0.25) is 0 Å². The highest BCUT2D eigenvalue weighted by atomic mass is 19.4. The van der Waals surface area contributed by atoms with E-state index >= 15 is 0 Å². The Hall–Kier alpha value is -1.47. The third-order valence-corrected chi connectivity index (χ3v) is 5.42. The number of carboxylic acid groups (broad SMARTS) is 1. The van der Waals surface area contributed by atoms with Crippen molar-refractivity contribution in [2.75, 3.05) is 13.1 Å². The quantitative estimate of drug-likeness (QED) is 0.830. The number of nitrogens with zero attached hydrogens (tertiary/aromatic N) is 1. The Morgan fingerprint density at radius 2 is 1.70 bits per heavy atom. The van der Waals surface area contributed by atoms with Gasteiger partial charge in [-0.15, -0.1) is 0 Å². The number of carboxylic acids is 1. The molecule has 0 aromatic rings. The molecule has 8 heteroatoms. The number of rotatable bonds is 4. The van der Waals surface area contributed by atoms with Crippen LogP contribution in [0.15, 0.2) is 0 Å². The Bertz CT molecular complexity index is 489. The molecule has 0 spiro atoms. The Labute approximate surface area is 132 Å². The van der Waals surface area contributed by atoms with Crippen LogP contribution in [0.25, 0.3) is 0 Å². The highest BCUT2D eigenvalue weighted by Crippen LogP contribution is 2.43. The zero-order valence-electron chi connectivity index (χ0n) is 12.7. The Morgan fingerprint density at radius 1 is 1.09 bits per heavy atom. The molecule has 0 aromatic carbocycles. The van der Waals surface area contributed by atoms with Crippen molar-refractivity contribution in [2.45, 2.75) is 44.3 Å². The molecule has 1 unspecified atom stereocenters. The molecule has 1 heterocycles. The second-order valence-corrected chi connectivity index (χ2v) is 7.00. The summed E-state index contributed by atoms with van der Waals surface area (Å²) in [5.41, 5.74) is 0. The number of likely N-dealkylation sites (tertiary alicyclic amines) is 1. The van der Waals surface area contributed by atoms with Crippen LogP contribution < -0.4 is 5.32 Å². The first-order chi connectivity index (χ1) is 10.8. The van der Waals surface area contributed by atoms with Gasteiger partial charge in [0.1, 0.15) is 0 Å². The van der Waals surface area contributed by atoms with Crippen molar-refractivity contribution >= 4 is 12.0 Å². The van der Waals surface area contributed by atoms with Crippen molar-refractivity contribution in [3.8, 4) is 0 Å². The van der Waals surface area contributed by atoms with Crippen LogP contribution in [0.4, 0.5) is 18.0 Å². The lowest BCUT2D eigenvalue weighted by molar-refractivity contribution is -0.187. The average Bonchev–Trinajstić information content (AvgIpc) is 3.11. The van der Waals surface area contributed by atoms with Crippen LogP contribution in [0.5, 0.6) is 0 Å². The summed E-state index contributed by atoms with van der Waals surface area (Å²) in [6.45, 7) is -0.957. The van der Waals surface area contributed by atoms with E-state index in [2.05, 4.69) is 5.32 Å². The maximum Gasteiger partial charge on any atom is 0.394 e. The van der Waals surface area contributed by atoms with Crippen LogP contribution in [0.1, 0.15) is 32.1 Å². The van der Waals surface area contributed by atoms with Gasteiger partial charge in [0.25, 0.3) is 0 Å². The molecule has 2 aliphatic carbocycles. The molecule has 3 rings (SSSR count). The fourth-order valence-corrected chi connectivity index (χ4v) is 3.66. The van der Waals surface area contributed by atoms with E-state index in [1.165, 1.54) is 0 Å². The molecular weight excluding hydrogens is 313 g/mol. The van der Waals surface area contributed by atoms with E-state index in [1.807, 2.05) is 0 Å². The minimum Gasteiger partial charge on any atom is -0.481 e. The van der Waals surface area contributed by atoms with Gasteiger partial charge in [-0.25, -0.2) is 4.79 Å². The van der Waals surface area contributed by atoms with Crippen LogP contribution in [0.3, 0.4) is 0 Å². The van der Waals surface area contributed by atoms with Gasteiger partial charge >= 0.3 is 18.2 Å². The third kappa shape index (κ3) is 3.40. The van der Waals surface area contributed by atoms with Gasteiger partial charge in [-0.3, -0.25) is 4.79 Å². The van der Waals surface area contributed by atoms with Crippen LogP contribution in [0, 0.1) is 23.7 Å². The minimum atomic E-state index is -4.61. The van der Waals surface area contributed by atoms with Crippen LogP contribution in [-0.4, -0.2) is 47.3 Å². The molecule has 0 radical (unpaired) electrons. The lowest BCUT2D eigenvalue weighted by atomic mass is 9.78. The molecule has 23 heavy (non-hydrogen) atoms. The summed E-state index contributed by atoms with van der Waals surface area (Å²) >= 11 is 0. The standard InChI is InChI=1S/C15H21F3N2O3/c16-15(17,18)11-7-20(6-10(11)13(21)22)14(23)19-12(9-4-5-9)8-2-1-3-8/h8-12H,1-7H2,(H,19,23)(H,21,22)/t10-,11-,12?/m1/s1. The fraction of sp³-hybridized carbons (Fsp3) is 0.867. The molecule has 3 aliphatic rings. The second kappa shape index (κ2) is 5.87. The fourth-order valence-electron chi connectivity index (χ4n) is 3.66. The summed E-state index contributed by atoms with van der Waals surface area (Å²) < 4.78 is 38.9. The number of hydrogen-bond acceptors (Lipinski definition) is 2. The smallest absolute Gasteiger partial charge is 0.394 e. The van der Waals surface area contributed by atoms with E-state index in [4.69, 9.17) is 5.11 Å². The molecule has 2 amide bonds. The molecule has 2 saturated carbocycles. The van der Waals surface area contributed by atoms with E-state index in [0.717, 1.165) is 37.0 Å². The van der Waals surface area contributed by atoms with Gasteiger partial charge in [0.05, 0.1) is 11.8 Å². The van der Waals surface area contributed by atoms with Crippen molar-refractivity contribution in [1.29, 1.82) is 0 Å². The SMILES string of the molecule is O=C(O)[C@@H]1CN(C(=O)NC(C2CCC2)C2CC2)C[C@H]1C(F)(F)F. The van der Waals surface area contributed by atoms with Gasteiger partial charge in [-0.2, -0.15) is 13.2 Å². The summed E-state index contributed by atoms with van der Waals surface area (Å²) in [5.74, 6) is -4.22. The zero-order valence-corrected chi connectivity index (χ0v) is 12.7. The summed E-state index contributed by atoms with van der Waals surface area (Å²) in [4.78, 5) is 24.4. The number of halogens is 3. The van der Waals surface area contributed by atoms with Crippen molar-refractivity contribution < 1.29 is 27.9 Å². The normalized spacial score (nSPS) is 30.0. The number of alkyl halides is 3. The number of aliphatic carboxylic acids is 1. The maximum atomic E-state index is 13.0. The Kier molecular flexibility index (Phi) is 4.18. The number of hydrogen-bond donors (Lipinski definition) is 2. The van der Waals surface area contributed by atoms with Crippen molar-refractivity contribution in [3.63, 3.8) is 0 Å². The van der Waals surface area contributed by atoms with Gasteiger partial charge in [-0.1, -0.05) is 6.42 Å². The number of carbonyl (C=O) groups is 2.